The van der Waals surface area contributed by atoms with Gasteiger partial charge in [0.15, 0.2) is 11.6 Å². The number of carbonyl (C=O) groups is 2. The molecule has 21 heavy (non-hydrogen) atoms. The van der Waals surface area contributed by atoms with E-state index >= 15 is 0 Å². The van der Waals surface area contributed by atoms with E-state index < -0.39 is 52.7 Å². The van der Waals surface area contributed by atoms with Crippen LogP contribution in [0.25, 0.3) is 0 Å². The average Bonchev–Trinajstić information content (AvgIpc) is 2.70. The average molecular weight is 314 g/mol. The number of benzene rings is 1. The fourth-order valence-corrected chi connectivity index (χ4v) is 1.81. The fraction of sp³-hybridized carbons (Fsp3) is 0.333. The lowest BCUT2D eigenvalue weighted by Crippen LogP contribution is -2.29. The van der Waals surface area contributed by atoms with Crippen LogP contribution in [0.15, 0.2) is 18.2 Å². The molecule has 1 saturated carbocycles. The molecule has 114 valence electrons. The topological polar surface area (TPSA) is 34.1 Å². The van der Waals surface area contributed by atoms with Crippen molar-refractivity contribution in [1.82, 2.24) is 0 Å². The van der Waals surface area contributed by atoms with Gasteiger partial charge in [0.2, 0.25) is 0 Å². The molecular formula is C12H5F7O2. The van der Waals surface area contributed by atoms with Crippen molar-refractivity contribution in [3.05, 3.63) is 35.4 Å². The third kappa shape index (κ3) is 1.86. The molecule has 1 aromatic carbocycles. The second-order valence-corrected chi connectivity index (χ2v) is 4.45. The summed E-state index contributed by atoms with van der Waals surface area (Å²) >= 11 is 0. The van der Waals surface area contributed by atoms with Gasteiger partial charge in [-0.2, -0.15) is 17.6 Å². The van der Waals surface area contributed by atoms with Crippen LogP contribution in [0, 0.1) is 11.6 Å². The van der Waals surface area contributed by atoms with Crippen molar-refractivity contribution in [3.63, 3.8) is 0 Å². The number of hydrogen-bond donors (Lipinski definition) is 0. The van der Waals surface area contributed by atoms with Crippen LogP contribution in [0.3, 0.4) is 0 Å². The lowest BCUT2D eigenvalue weighted by atomic mass is 10.0. The van der Waals surface area contributed by atoms with Crippen molar-refractivity contribution >= 4 is 11.6 Å². The van der Waals surface area contributed by atoms with Crippen molar-refractivity contribution in [3.8, 4) is 0 Å². The SMILES string of the molecule is O=C(CC(=O)C1(F)C(F)(F)C1(F)F)c1cc(F)ccc1F. The van der Waals surface area contributed by atoms with Crippen LogP contribution in [-0.2, 0) is 4.79 Å². The van der Waals surface area contributed by atoms with E-state index in [2.05, 4.69) is 0 Å². The first kappa shape index (κ1) is 15.5. The molecule has 0 unspecified atom stereocenters. The quantitative estimate of drug-likeness (QED) is 0.486. The predicted molar refractivity (Wildman–Crippen MR) is 54.0 cm³/mol. The van der Waals surface area contributed by atoms with Crippen molar-refractivity contribution in [1.29, 1.82) is 0 Å². The van der Waals surface area contributed by atoms with Crippen LogP contribution in [0.4, 0.5) is 30.7 Å². The van der Waals surface area contributed by atoms with Crippen molar-refractivity contribution in [2.45, 2.75) is 23.9 Å². The highest BCUT2D eigenvalue weighted by Gasteiger charge is 3.01. The molecule has 1 aromatic rings. The normalized spacial score (nSPS) is 20.9. The van der Waals surface area contributed by atoms with Crippen LogP contribution in [0.5, 0.6) is 0 Å². The zero-order chi connectivity index (χ0) is 16.2. The summed E-state index contributed by atoms with van der Waals surface area (Å²) < 4.78 is 89.8. The number of hydrogen-bond acceptors (Lipinski definition) is 2. The Morgan fingerprint density at radius 1 is 0.952 bits per heavy atom. The van der Waals surface area contributed by atoms with E-state index in [0.29, 0.717) is 18.2 Å². The highest BCUT2D eigenvalue weighted by molar-refractivity contribution is 6.12. The van der Waals surface area contributed by atoms with E-state index in [0.717, 1.165) is 0 Å². The monoisotopic (exact) mass is 314 g/mol. The summed E-state index contributed by atoms with van der Waals surface area (Å²) in [6.45, 7) is 0. The van der Waals surface area contributed by atoms with E-state index in [1.54, 1.807) is 0 Å². The van der Waals surface area contributed by atoms with Gasteiger partial charge in [0.25, 0.3) is 0 Å². The summed E-state index contributed by atoms with van der Waals surface area (Å²) in [7, 11) is 0. The minimum Gasteiger partial charge on any atom is -0.295 e. The van der Waals surface area contributed by atoms with Gasteiger partial charge in [-0.05, 0) is 18.2 Å². The second-order valence-electron chi connectivity index (χ2n) is 4.45. The summed E-state index contributed by atoms with van der Waals surface area (Å²) in [5.41, 5.74) is -5.81. The van der Waals surface area contributed by atoms with Crippen LogP contribution in [-0.4, -0.2) is 29.1 Å². The zero-order valence-electron chi connectivity index (χ0n) is 9.90. The van der Waals surface area contributed by atoms with Crippen LogP contribution in [0.2, 0.25) is 0 Å². The number of ketones is 2. The van der Waals surface area contributed by atoms with E-state index in [4.69, 9.17) is 0 Å². The van der Waals surface area contributed by atoms with E-state index in [-0.39, 0.29) is 0 Å². The lowest BCUT2D eigenvalue weighted by molar-refractivity contribution is -0.129. The van der Waals surface area contributed by atoms with Gasteiger partial charge in [0.05, 0.1) is 12.0 Å². The molecule has 2 nitrogen and oxygen atoms in total. The second kappa shape index (κ2) is 4.28. The molecule has 0 amide bonds. The Kier molecular flexibility index (Phi) is 3.15. The Morgan fingerprint density at radius 2 is 1.48 bits per heavy atom. The number of alkyl halides is 5. The highest BCUT2D eigenvalue weighted by atomic mass is 19.3. The molecule has 1 fully saturated rings. The Hall–Kier alpha value is -1.93. The third-order valence-electron chi connectivity index (χ3n) is 3.13. The van der Waals surface area contributed by atoms with Gasteiger partial charge in [-0.1, -0.05) is 0 Å². The maximum absolute atomic E-state index is 13.3. The molecule has 0 N–H and O–H groups in total. The molecule has 0 aromatic heterocycles. The van der Waals surface area contributed by atoms with Gasteiger partial charge in [-0.3, -0.25) is 9.59 Å². The molecule has 0 bridgehead atoms. The van der Waals surface area contributed by atoms with E-state index in [1.165, 1.54) is 0 Å². The molecule has 0 saturated heterocycles. The Morgan fingerprint density at radius 3 is 1.95 bits per heavy atom. The molecule has 0 spiro atoms. The van der Waals surface area contributed by atoms with Gasteiger partial charge >= 0.3 is 17.5 Å². The predicted octanol–water partition coefficient (Wildman–Crippen LogP) is 3.10. The maximum Gasteiger partial charge on any atom is 0.360 e. The summed E-state index contributed by atoms with van der Waals surface area (Å²) in [4.78, 5) is 22.6. The van der Waals surface area contributed by atoms with Gasteiger partial charge in [-0.15, -0.1) is 0 Å². The zero-order valence-corrected chi connectivity index (χ0v) is 9.90. The first-order valence-corrected chi connectivity index (χ1v) is 5.43. The van der Waals surface area contributed by atoms with E-state index in [9.17, 15) is 40.3 Å². The molecule has 0 heterocycles. The first-order chi connectivity index (χ1) is 9.46. The summed E-state index contributed by atoms with van der Waals surface area (Å²) in [5, 5.41) is 0. The number of Topliss-reactive ketones (excluding diaryl/α,β-unsaturated/α-hetero) is 2. The molecular weight excluding hydrogens is 309 g/mol. The van der Waals surface area contributed by atoms with Crippen LogP contribution < -0.4 is 0 Å². The molecule has 0 atom stereocenters. The van der Waals surface area contributed by atoms with E-state index in [1.807, 2.05) is 0 Å². The largest absolute Gasteiger partial charge is 0.360 e. The first-order valence-electron chi connectivity index (χ1n) is 5.43. The highest BCUT2D eigenvalue weighted by Crippen LogP contribution is 2.68. The number of carbonyl (C=O) groups excluding carboxylic acids is 2. The van der Waals surface area contributed by atoms with Crippen molar-refractivity contribution in [2.75, 3.05) is 0 Å². The molecule has 2 rings (SSSR count). The van der Waals surface area contributed by atoms with Crippen LogP contribution >= 0.6 is 0 Å². The summed E-state index contributed by atoms with van der Waals surface area (Å²) in [5.74, 6) is -16.8. The van der Waals surface area contributed by atoms with Gasteiger partial charge in [-0.25, -0.2) is 13.2 Å². The van der Waals surface area contributed by atoms with Gasteiger partial charge in [0, 0.05) is 0 Å². The minimum absolute atomic E-state index is 0.346. The van der Waals surface area contributed by atoms with Crippen LogP contribution in [0.1, 0.15) is 16.8 Å². The Bertz CT molecular complexity index is 624. The number of halogens is 7. The molecule has 0 aliphatic heterocycles. The molecule has 1 aliphatic carbocycles. The third-order valence-corrected chi connectivity index (χ3v) is 3.13. The minimum atomic E-state index is -5.22. The van der Waals surface area contributed by atoms with Gasteiger partial charge in [0.1, 0.15) is 11.6 Å². The van der Waals surface area contributed by atoms with Crippen molar-refractivity contribution in [2.24, 2.45) is 0 Å². The smallest absolute Gasteiger partial charge is 0.295 e. The fourth-order valence-electron chi connectivity index (χ4n) is 1.81. The standard InChI is InChI=1S/C12H5F7O2/c13-5-1-2-7(14)6(3-5)8(20)4-9(21)10(15)11(16,17)12(10,18)19/h1-3H,4H2. The van der Waals surface area contributed by atoms with Gasteiger partial charge < -0.3 is 0 Å². The Labute approximate surface area is 112 Å². The number of rotatable bonds is 4. The summed E-state index contributed by atoms with van der Waals surface area (Å²) in [6.07, 6.45) is -1.73. The summed E-state index contributed by atoms with van der Waals surface area (Å²) in [6, 6.07) is 1.49. The maximum atomic E-state index is 13.3. The molecule has 9 heteroatoms. The molecule has 0 radical (unpaired) electrons. The lowest BCUT2D eigenvalue weighted by Gasteiger charge is -2.05. The Balaban J connectivity index is 2.22. The molecule has 1 aliphatic rings. The van der Waals surface area contributed by atoms with Crippen molar-refractivity contribution < 1.29 is 40.3 Å².